The van der Waals surface area contributed by atoms with Crippen LogP contribution >= 0.6 is 0 Å². The molecule has 0 amide bonds. The second kappa shape index (κ2) is 4.27. The minimum atomic E-state index is 0.613. The van der Waals surface area contributed by atoms with Crippen LogP contribution in [0.5, 0.6) is 0 Å². The maximum Gasteiger partial charge on any atom is 0.0991 e. The molecule has 0 aliphatic rings. The Bertz CT molecular complexity index is 346. The van der Waals surface area contributed by atoms with Crippen LogP contribution in [-0.4, -0.2) is 10.9 Å². The molecule has 0 saturated heterocycles. The van der Waals surface area contributed by atoms with Gasteiger partial charge in [0.2, 0.25) is 0 Å². The first kappa shape index (κ1) is 9.27. The fourth-order valence-corrected chi connectivity index (χ4v) is 1.03. The van der Waals surface area contributed by atoms with Crippen molar-refractivity contribution in [1.29, 1.82) is 5.26 Å². The van der Waals surface area contributed by atoms with E-state index in [1.807, 2.05) is 18.2 Å². The summed E-state index contributed by atoms with van der Waals surface area (Å²) < 4.78 is 0. The van der Waals surface area contributed by atoms with Gasteiger partial charge in [0.1, 0.15) is 0 Å². The van der Waals surface area contributed by atoms with Crippen LogP contribution in [0.1, 0.15) is 18.1 Å². The predicted octanol–water partition coefficient (Wildman–Crippen LogP) is 1.95. The van der Waals surface area contributed by atoms with Gasteiger partial charge in [0.05, 0.1) is 17.3 Å². The van der Waals surface area contributed by atoms with Crippen LogP contribution in [0.25, 0.3) is 0 Å². The van der Waals surface area contributed by atoms with Crippen LogP contribution in [0.15, 0.2) is 29.4 Å². The van der Waals surface area contributed by atoms with Crippen LogP contribution in [0.4, 0.5) is 0 Å². The number of benzene rings is 1. The molecule has 13 heavy (non-hydrogen) atoms. The van der Waals surface area contributed by atoms with Crippen molar-refractivity contribution in [3.63, 3.8) is 0 Å². The number of rotatable bonds is 2. The second-order valence-electron chi connectivity index (χ2n) is 2.82. The highest BCUT2D eigenvalue weighted by Gasteiger charge is 1.96. The van der Waals surface area contributed by atoms with Crippen molar-refractivity contribution in [3.8, 4) is 6.07 Å². The van der Waals surface area contributed by atoms with E-state index in [-0.39, 0.29) is 0 Å². The molecule has 0 aromatic heterocycles. The van der Waals surface area contributed by atoms with Gasteiger partial charge in [-0.25, -0.2) is 0 Å². The number of nitriles is 1. The molecule has 1 aromatic carbocycles. The van der Waals surface area contributed by atoms with E-state index in [0.29, 0.717) is 17.7 Å². The van der Waals surface area contributed by atoms with E-state index in [1.54, 1.807) is 19.1 Å². The second-order valence-corrected chi connectivity index (χ2v) is 2.82. The monoisotopic (exact) mass is 174 g/mol. The highest BCUT2D eigenvalue weighted by atomic mass is 16.4. The van der Waals surface area contributed by atoms with E-state index < -0.39 is 0 Å². The molecule has 0 fully saturated rings. The molecular weight excluding hydrogens is 164 g/mol. The van der Waals surface area contributed by atoms with E-state index in [2.05, 4.69) is 5.16 Å². The molecule has 3 nitrogen and oxygen atoms in total. The standard InChI is InChI=1S/C10H10N2O/c1-8(12-13)6-9-2-4-10(7-11)5-3-9/h2-5,13H,6H2,1H3/b12-8+. The lowest BCUT2D eigenvalue weighted by Gasteiger charge is -1.98. The van der Waals surface area contributed by atoms with Crippen molar-refractivity contribution in [1.82, 2.24) is 0 Å². The van der Waals surface area contributed by atoms with E-state index in [0.717, 1.165) is 5.56 Å². The summed E-state index contributed by atoms with van der Waals surface area (Å²) in [6, 6.07) is 9.25. The van der Waals surface area contributed by atoms with E-state index in [4.69, 9.17) is 10.5 Å². The summed E-state index contributed by atoms with van der Waals surface area (Å²) in [6.07, 6.45) is 0.613. The molecule has 0 atom stereocenters. The molecule has 0 radical (unpaired) electrons. The SMILES string of the molecule is C/C(Cc1ccc(C#N)cc1)=N\O. The molecule has 0 unspecified atom stereocenters. The van der Waals surface area contributed by atoms with Crippen molar-refractivity contribution >= 4 is 5.71 Å². The molecule has 0 saturated carbocycles. The van der Waals surface area contributed by atoms with Gasteiger partial charge in [-0.2, -0.15) is 5.26 Å². The Hall–Kier alpha value is -1.82. The fraction of sp³-hybridized carbons (Fsp3) is 0.200. The highest BCUT2D eigenvalue weighted by Crippen LogP contribution is 2.04. The summed E-state index contributed by atoms with van der Waals surface area (Å²) in [4.78, 5) is 0. The molecule has 0 aliphatic carbocycles. The number of hydrogen-bond donors (Lipinski definition) is 1. The largest absolute Gasteiger partial charge is 0.411 e. The molecule has 0 spiro atoms. The molecular formula is C10H10N2O. The van der Waals surface area contributed by atoms with Crippen LogP contribution in [0, 0.1) is 11.3 Å². The Balaban J connectivity index is 2.77. The first-order chi connectivity index (χ1) is 6.26. The third-order valence-corrected chi connectivity index (χ3v) is 1.71. The van der Waals surface area contributed by atoms with Gasteiger partial charge in [0.15, 0.2) is 0 Å². The topological polar surface area (TPSA) is 56.4 Å². The summed E-state index contributed by atoms with van der Waals surface area (Å²) in [5.41, 5.74) is 2.33. The van der Waals surface area contributed by atoms with E-state index in [1.165, 1.54) is 0 Å². The first-order valence-corrected chi connectivity index (χ1v) is 3.93. The normalized spacial score (nSPS) is 10.9. The number of nitrogens with zero attached hydrogens (tertiary/aromatic N) is 2. The Kier molecular flexibility index (Phi) is 3.04. The van der Waals surface area contributed by atoms with Crippen LogP contribution < -0.4 is 0 Å². The molecule has 1 N–H and O–H groups in total. The Morgan fingerprint density at radius 2 is 2.08 bits per heavy atom. The maximum atomic E-state index is 8.54. The smallest absolute Gasteiger partial charge is 0.0991 e. The predicted molar refractivity (Wildman–Crippen MR) is 49.8 cm³/mol. The summed E-state index contributed by atoms with van der Waals surface area (Å²) in [7, 11) is 0. The maximum absolute atomic E-state index is 8.54. The van der Waals surface area contributed by atoms with Gasteiger partial charge < -0.3 is 5.21 Å². The van der Waals surface area contributed by atoms with Gasteiger partial charge in [-0.15, -0.1) is 0 Å². The van der Waals surface area contributed by atoms with Crippen LogP contribution in [0.2, 0.25) is 0 Å². The fourth-order valence-electron chi connectivity index (χ4n) is 1.03. The molecule has 0 aliphatic heterocycles. The zero-order chi connectivity index (χ0) is 9.68. The average Bonchev–Trinajstić information content (AvgIpc) is 2.19. The lowest BCUT2D eigenvalue weighted by atomic mass is 10.1. The van der Waals surface area contributed by atoms with Crippen molar-refractivity contribution in [2.75, 3.05) is 0 Å². The van der Waals surface area contributed by atoms with Crippen LogP contribution in [0.3, 0.4) is 0 Å². The molecule has 0 heterocycles. The lowest BCUT2D eigenvalue weighted by molar-refractivity contribution is 0.317. The number of oxime groups is 1. The number of hydrogen-bond acceptors (Lipinski definition) is 3. The molecule has 1 rings (SSSR count). The van der Waals surface area contributed by atoms with Crippen molar-refractivity contribution in [3.05, 3.63) is 35.4 Å². The van der Waals surface area contributed by atoms with Gasteiger partial charge in [-0.1, -0.05) is 17.3 Å². The summed E-state index contributed by atoms with van der Waals surface area (Å²) >= 11 is 0. The van der Waals surface area contributed by atoms with Crippen molar-refractivity contribution < 1.29 is 5.21 Å². The average molecular weight is 174 g/mol. The molecule has 0 bridgehead atoms. The van der Waals surface area contributed by atoms with Crippen LogP contribution in [-0.2, 0) is 6.42 Å². The lowest BCUT2D eigenvalue weighted by Crippen LogP contribution is -1.96. The summed E-state index contributed by atoms with van der Waals surface area (Å²) in [5, 5.41) is 20.1. The summed E-state index contributed by atoms with van der Waals surface area (Å²) in [5.74, 6) is 0. The highest BCUT2D eigenvalue weighted by molar-refractivity contribution is 5.83. The van der Waals surface area contributed by atoms with Gasteiger partial charge in [0, 0.05) is 6.42 Å². The van der Waals surface area contributed by atoms with E-state index in [9.17, 15) is 0 Å². The third-order valence-electron chi connectivity index (χ3n) is 1.71. The zero-order valence-electron chi connectivity index (χ0n) is 7.36. The van der Waals surface area contributed by atoms with Gasteiger partial charge in [-0.3, -0.25) is 0 Å². The molecule has 66 valence electrons. The molecule has 3 heteroatoms. The van der Waals surface area contributed by atoms with E-state index >= 15 is 0 Å². The third kappa shape index (κ3) is 2.60. The minimum absolute atomic E-state index is 0.613. The van der Waals surface area contributed by atoms with Gasteiger partial charge in [0.25, 0.3) is 0 Å². The van der Waals surface area contributed by atoms with Crippen molar-refractivity contribution in [2.45, 2.75) is 13.3 Å². The van der Waals surface area contributed by atoms with Crippen molar-refractivity contribution in [2.24, 2.45) is 5.16 Å². The first-order valence-electron chi connectivity index (χ1n) is 3.93. The molecule has 1 aromatic rings. The Morgan fingerprint density at radius 1 is 1.46 bits per heavy atom. The summed E-state index contributed by atoms with van der Waals surface area (Å²) in [6.45, 7) is 1.75. The Morgan fingerprint density at radius 3 is 2.54 bits per heavy atom. The minimum Gasteiger partial charge on any atom is -0.411 e. The Labute approximate surface area is 76.9 Å². The van der Waals surface area contributed by atoms with Gasteiger partial charge >= 0.3 is 0 Å². The zero-order valence-corrected chi connectivity index (χ0v) is 7.36. The van der Waals surface area contributed by atoms with Gasteiger partial charge in [-0.05, 0) is 24.6 Å². The quantitative estimate of drug-likeness (QED) is 0.423.